The van der Waals surface area contributed by atoms with Crippen LogP contribution in [0.2, 0.25) is 0 Å². The van der Waals surface area contributed by atoms with Gasteiger partial charge in [0.2, 0.25) is 0 Å². The Morgan fingerprint density at radius 2 is 1.70 bits per heavy atom. The number of halogens is 3. The first kappa shape index (κ1) is 29.8. The Hall–Kier alpha value is -4.64. The lowest BCUT2D eigenvalue weighted by Crippen LogP contribution is -2.27. The van der Waals surface area contributed by atoms with Gasteiger partial charge in [0.15, 0.2) is 5.65 Å². The normalized spacial score (nSPS) is 12.3. The van der Waals surface area contributed by atoms with E-state index in [0.29, 0.717) is 39.4 Å². The van der Waals surface area contributed by atoms with Gasteiger partial charge in [0.05, 0.1) is 22.7 Å². The zero-order valence-corrected chi connectivity index (χ0v) is 24.4. The number of rotatable bonds is 8. The van der Waals surface area contributed by atoms with Gasteiger partial charge >= 0.3 is 6.18 Å². The summed E-state index contributed by atoms with van der Waals surface area (Å²) >= 11 is 1.47. The number of nitrogens with two attached hydrogens (primary N) is 1. The average molecular weight is 603 g/mol. The molecule has 0 bridgehead atoms. The van der Waals surface area contributed by atoms with Gasteiger partial charge in [-0.05, 0) is 85.1 Å². The second-order valence-electron chi connectivity index (χ2n) is 10.3. The largest absolute Gasteiger partial charge is 0.416 e. The standard InChI is InChI=1S/C32H29F3N6OS/c1-18(2)26-13-12-25-29(40-26)37-17-38-30(25)41-27-16-21(7-14-28(27)43-24-10-8-23(36)9-11-24)31(42)39-19(3)20-5-4-6-22(15-20)32(33,34)35/h4-19H,36H2,1-3H3,(H,39,42)(H,37,38,40,41)/t19-/m0/s1. The number of amides is 1. The number of nitrogens with one attached hydrogen (secondary N) is 2. The van der Waals surface area contributed by atoms with Crippen molar-refractivity contribution in [1.82, 2.24) is 20.3 Å². The minimum atomic E-state index is -4.48. The Bertz CT molecular complexity index is 1780. The summed E-state index contributed by atoms with van der Waals surface area (Å²) in [4.78, 5) is 28.5. The molecule has 43 heavy (non-hydrogen) atoms. The van der Waals surface area contributed by atoms with E-state index in [1.165, 1.54) is 24.2 Å². The number of fused-ring (bicyclic) bond motifs is 1. The number of anilines is 3. The van der Waals surface area contributed by atoms with Crippen LogP contribution in [-0.2, 0) is 6.18 Å². The van der Waals surface area contributed by atoms with Crippen molar-refractivity contribution in [1.29, 1.82) is 0 Å². The molecule has 5 rings (SSSR count). The molecule has 11 heteroatoms. The fourth-order valence-electron chi connectivity index (χ4n) is 4.37. The molecule has 0 fully saturated rings. The molecule has 0 spiro atoms. The highest BCUT2D eigenvalue weighted by molar-refractivity contribution is 7.99. The first-order chi connectivity index (χ1) is 20.5. The topological polar surface area (TPSA) is 106 Å². The van der Waals surface area contributed by atoms with E-state index < -0.39 is 23.7 Å². The average Bonchev–Trinajstić information content (AvgIpc) is 2.98. The third-order valence-electron chi connectivity index (χ3n) is 6.77. The van der Waals surface area contributed by atoms with Gasteiger partial charge in [0, 0.05) is 26.7 Å². The highest BCUT2D eigenvalue weighted by atomic mass is 32.2. The molecule has 0 aliphatic rings. The van der Waals surface area contributed by atoms with Gasteiger partial charge in [-0.2, -0.15) is 13.2 Å². The van der Waals surface area contributed by atoms with E-state index in [0.717, 1.165) is 27.6 Å². The van der Waals surface area contributed by atoms with Crippen LogP contribution in [0.25, 0.3) is 11.0 Å². The summed E-state index contributed by atoms with van der Waals surface area (Å²) in [7, 11) is 0. The zero-order chi connectivity index (χ0) is 30.7. The molecule has 7 nitrogen and oxygen atoms in total. The number of nitrogens with zero attached hydrogens (tertiary/aromatic N) is 3. The Kier molecular flexibility index (Phi) is 8.54. The smallest absolute Gasteiger partial charge is 0.399 e. The summed E-state index contributed by atoms with van der Waals surface area (Å²) < 4.78 is 39.7. The second kappa shape index (κ2) is 12.3. The lowest BCUT2D eigenvalue weighted by molar-refractivity contribution is -0.137. The van der Waals surface area contributed by atoms with Crippen LogP contribution in [0, 0.1) is 0 Å². The highest BCUT2D eigenvalue weighted by Crippen LogP contribution is 2.37. The summed E-state index contributed by atoms with van der Waals surface area (Å²) in [6.45, 7) is 5.75. The predicted octanol–water partition coefficient (Wildman–Crippen LogP) is 8.14. The van der Waals surface area contributed by atoms with Crippen LogP contribution in [-0.4, -0.2) is 20.9 Å². The van der Waals surface area contributed by atoms with Crippen molar-refractivity contribution in [3.8, 4) is 0 Å². The Labute approximate surface area is 251 Å². The Morgan fingerprint density at radius 1 is 0.930 bits per heavy atom. The molecule has 0 aliphatic heterocycles. The van der Waals surface area contributed by atoms with Crippen molar-refractivity contribution < 1.29 is 18.0 Å². The molecule has 1 amide bonds. The van der Waals surface area contributed by atoms with E-state index in [4.69, 9.17) is 5.73 Å². The molecule has 0 saturated heterocycles. The van der Waals surface area contributed by atoms with Gasteiger partial charge in [0.25, 0.3) is 5.91 Å². The number of pyridine rings is 1. The van der Waals surface area contributed by atoms with Gasteiger partial charge in [-0.1, -0.05) is 37.7 Å². The number of benzene rings is 3. The minimum Gasteiger partial charge on any atom is -0.399 e. The van der Waals surface area contributed by atoms with Crippen molar-refractivity contribution in [3.05, 3.63) is 108 Å². The van der Waals surface area contributed by atoms with E-state index in [1.807, 2.05) is 42.5 Å². The molecular formula is C32H29F3N6OS. The molecular weight excluding hydrogens is 573 g/mol. The predicted molar refractivity (Wildman–Crippen MR) is 163 cm³/mol. The minimum absolute atomic E-state index is 0.229. The van der Waals surface area contributed by atoms with Gasteiger partial charge in [-0.15, -0.1) is 0 Å². The summed E-state index contributed by atoms with van der Waals surface area (Å²) in [5, 5.41) is 6.88. The van der Waals surface area contributed by atoms with Gasteiger partial charge in [-0.3, -0.25) is 4.79 Å². The summed E-state index contributed by atoms with van der Waals surface area (Å²) in [6, 6.07) is 20.7. The third-order valence-corrected chi connectivity index (χ3v) is 7.86. The number of alkyl halides is 3. The summed E-state index contributed by atoms with van der Waals surface area (Å²) in [6.07, 6.45) is -3.04. The van der Waals surface area contributed by atoms with E-state index in [-0.39, 0.29) is 5.92 Å². The first-order valence-electron chi connectivity index (χ1n) is 13.5. The first-order valence-corrected chi connectivity index (χ1v) is 14.3. The van der Waals surface area contributed by atoms with Gasteiger partial charge < -0.3 is 16.4 Å². The maximum absolute atomic E-state index is 13.3. The number of carbonyl (C=O) groups is 1. The molecule has 2 aromatic heterocycles. The van der Waals surface area contributed by atoms with Crippen molar-refractivity contribution in [2.45, 2.75) is 48.7 Å². The monoisotopic (exact) mass is 602 g/mol. The van der Waals surface area contributed by atoms with Gasteiger partial charge in [-0.25, -0.2) is 15.0 Å². The maximum Gasteiger partial charge on any atom is 0.416 e. The summed E-state index contributed by atoms with van der Waals surface area (Å²) in [5.74, 6) is 0.307. The number of nitrogen functional groups attached to an aromatic ring is 1. The molecule has 0 radical (unpaired) electrons. The highest BCUT2D eigenvalue weighted by Gasteiger charge is 2.30. The molecule has 3 aromatic carbocycles. The van der Waals surface area contributed by atoms with Crippen LogP contribution >= 0.6 is 11.8 Å². The van der Waals surface area contributed by atoms with Crippen molar-refractivity contribution in [2.24, 2.45) is 0 Å². The van der Waals surface area contributed by atoms with Crippen molar-refractivity contribution >= 4 is 45.9 Å². The van der Waals surface area contributed by atoms with E-state index in [1.54, 1.807) is 25.1 Å². The Morgan fingerprint density at radius 3 is 2.42 bits per heavy atom. The molecule has 0 unspecified atom stereocenters. The van der Waals surface area contributed by atoms with Crippen molar-refractivity contribution in [3.63, 3.8) is 0 Å². The Balaban J connectivity index is 1.47. The molecule has 0 saturated carbocycles. The molecule has 1 atom stereocenters. The van der Waals surface area contributed by atoms with Crippen LogP contribution in [0.5, 0.6) is 0 Å². The number of hydrogen-bond acceptors (Lipinski definition) is 7. The van der Waals surface area contributed by atoms with Crippen LogP contribution < -0.4 is 16.4 Å². The third kappa shape index (κ3) is 7.06. The fourth-order valence-corrected chi connectivity index (χ4v) is 5.26. The van der Waals surface area contributed by atoms with Crippen LogP contribution in [0.1, 0.15) is 59.9 Å². The van der Waals surface area contributed by atoms with Crippen LogP contribution in [0.4, 0.5) is 30.4 Å². The molecule has 220 valence electrons. The molecule has 2 heterocycles. The SMILES string of the molecule is CC(C)c1ccc2c(Nc3cc(C(=O)N[C@@H](C)c4cccc(C(F)(F)F)c4)ccc3Sc3ccc(N)cc3)ncnc2n1. The second-order valence-corrected chi connectivity index (χ2v) is 11.4. The summed E-state index contributed by atoms with van der Waals surface area (Å²) in [5.41, 5.74) is 8.45. The number of carbonyl (C=O) groups excluding carboxylic acids is 1. The zero-order valence-electron chi connectivity index (χ0n) is 23.6. The lowest BCUT2D eigenvalue weighted by Gasteiger charge is -2.18. The van der Waals surface area contributed by atoms with Crippen LogP contribution in [0.3, 0.4) is 0 Å². The molecule has 4 N–H and O–H groups in total. The van der Waals surface area contributed by atoms with E-state index in [9.17, 15) is 18.0 Å². The number of hydrogen-bond donors (Lipinski definition) is 3. The fraction of sp³-hybridized carbons (Fsp3) is 0.188. The van der Waals surface area contributed by atoms with Crippen LogP contribution in [0.15, 0.2) is 95.0 Å². The maximum atomic E-state index is 13.3. The molecule has 0 aliphatic carbocycles. The molecule has 5 aromatic rings. The van der Waals surface area contributed by atoms with Gasteiger partial charge in [0.1, 0.15) is 12.1 Å². The van der Waals surface area contributed by atoms with E-state index in [2.05, 4.69) is 39.4 Å². The van der Waals surface area contributed by atoms with Crippen molar-refractivity contribution in [2.75, 3.05) is 11.1 Å². The number of aromatic nitrogens is 3. The van der Waals surface area contributed by atoms with E-state index >= 15 is 0 Å². The quantitative estimate of drug-likeness (QED) is 0.154. The lowest BCUT2D eigenvalue weighted by atomic mass is 10.0.